The molecule has 1 amide bonds. The molecular formula is C16H23ClN4O. The van der Waals surface area contributed by atoms with E-state index < -0.39 is 5.54 Å². The van der Waals surface area contributed by atoms with Crippen molar-refractivity contribution in [3.8, 4) is 0 Å². The normalized spacial score (nSPS) is 16.5. The van der Waals surface area contributed by atoms with Crippen LogP contribution in [0.1, 0.15) is 39.0 Å². The molecule has 1 saturated carbocycles. The molecule has 1 aliphatic carbocycles. The van der Waals surface area contributed by atoms with Crippen LogP contribution in [0.2, 0.25) is 0 Å². The van der Waals surface area contributed by atoms with Crippen LogP contribution in [0.15, 0.2) is 24.3 Å². The molecule has 0 atom stereocenters. The van der Waals surface area contributed by atoms with Gasteiger partial charge in [-0.25, -0.2) is 4.98 Å². The molecule has 3 N–H and O–H groups in total. The minimum Gasteiger partial charge on any atom is -0.317 e. The Morgan fingerprint density at radius 3 is 2.73 bits per heavy atom. The van der Waals surface area contributed by atoms with Crippen molar-refractivity contribution in [2.45, 2.75) is 51.1 Å². The maximum absolute atomic E-state index is 12.5. The molecule has 1 fully saturated rings. The fraction of sp³-hybridized carbons (Fsp3) is 0.500. The Labute approximate surface area is 136 Å². The predicted molar refractivity (Wildman–Crippen MR) is 91.3 cm³/mol. The summed E-state index contributed by atoms with van der Waals surface area (Å²) in [4.78, 5) is 17.0. The minimum atomic E-state index is -0.727. The van der Waals surface area contributed by atoms with Crippen LogP contribution in [-0.4, -0.2) is 21.0 Å². The number of nitrogens with zero attached hydrogens (tertiary/aromatic N) is 2. The summed E-state index contributed by atoms with van der Waals surface area (Å²) >= 11 is 0. The van der Waals surface area contributed by atoms with Crippen LogP contribution in [0.3, 0.4) is 0 Å². The first-order valence-electron chi connectivity index (χ1n) is 7.70. The second-order valence-corrected chi connectivity index (χ2v) is 5.89. The van der Waals surface area contributed by atoms with Gasteiger partial charge in [-0.2, -0.15) is 0 Å². The van der Waals surface area contributed by atoms with Gasteiger partial charge in [-0.05, 0) is 31.4 Å². The zero-order valence-electron chi connectivity index (χ0n) is 12.8. The number of halogens is 1. The van der Waals surface area contributed by atoms with E-state index >= 15 is 0 Å². The third-order valence-corrected chi connectivity index (χ3v) is 4.28. The monoisotopic (exact) mass is 322 g/mol. The zero-order chi connectivity index (χ0) is 14.9. The summed E-state index contributed by atoms with van der Waals surface area (Å²) in [6.45, 7) is 2.94. The Hall–Kier alpha value is -1.59. The van der Waals surface area contributed by atoms with Gasteiger partial charge in [-0.15, -0.1) is 12.4 Å². The van der Waals surface area contributed by atoms with E-state index in [1.54, 1.807) is 0 Å². The molecule has 0 saturated heterocycles. The highest BCUT2D eigenvalue weighted by molar-refractivity contribution is 5.98. The number of fused-ring (bicyclic) bond motifs is 1. The SMILES string of the molecule is CCCn1c(NC(=O)C2(N)CCCC2)nc2ccccc21.Cl. The molecule has 0 bridgehead atoms. The van der Waals surface area contributed by atoms with Gasteiger partial charge in [0.2, 0.25) is 11.9 Å². The standard InChI is InChI=1S/C16H22N4O.ClH/c1-2-11-20-13-8-4-3-7-12(13)18-15(20)19-14(21)16(17)9-5-6-10-16;/h3-4,7-8H,2,5-6,9-11,17H2,1H3,(H,18,19,21);1H. The van der Waals surface area contributed by atoms with Crippen LogP contribution in [0.4, 0.5) is 5.95 Å². The number of benzene rings is 1. The van der Waals surface area contributed by atoms with Gasteiger partial charge in [0.1, 0.15) is 0 Å². The number of amides is 1. The van der Waals surface area contributed by atoms with Gasteiger partial charge < -0.3 is 10.3 Å². The van der Waals surface area contributed by atoms with E-state index in [-0.39, 0.29) is 18.3 Å². The van der Waals surface area contributed by atoms with Crippen LogP contribution < -0.4 is 11.1 Å². The fourth-order valence-electron chi connectivity index (χ4n) is 3.08. The lowest BCUT2D eigenvalue weighted by molar-refractivity contribution is -0.121. The summed E-state index contributed by atoms with van der Waals surface area (Å²) in [6.07, 6.45) is 4.54. The highest BCUT2D eigenvalue weighted by atomic mass is 35.5. The number of rotatable bonds is 4. The molecule has 0 radical (unpaired) electrons. The molecule has 1 heterocycles. The molecule has 22 heavy (non-hydrogen) atoms. The predicted octanol–water partition coefficient (Wildman–Crippen LogP) is 3.08. The van der Waals surface area contributed by atoms with Gasteiger partial charge in [0.15, 0.2) is 0 Å². The lowest BCUT2D eigenvalue weighted by Crippen LogP contribution is -2.49. The van der Waals surface area contributed by atoms with Crippen LogP contribution in [-0.2, 0) is 11.3 Å². The van der Waals surface area contributed by atoms with E-state index in [1.807, 2.05) is 24.3 Å². The van der Waals surface area contributed by atoms with Crippen molar-refractivity contribution in [2.24, 2.45) is 5.73 Å². The molecule has 2 aromatic rings. The average Bonchev–Trinajstić information content (AvgIpc) is 3.06. The van der Waals surface area contributed by atoms with Crippen LogP contribution >= 0.6 is 12.4 Å². The summed E-state index contributed by atoms with van der Waals surface area (Å²) in [5, 5.41) is 2.96. The summed E-state index contributed by atoms with van der Waals surface area (Å²) in [5.41, 5.74) is 7.44. The number of nitrogens with one attached hydrogen (secondary N) is 1. The summed E-state index contributed by atoms with van der Waals surface area (Å²) in [6, 6.07) is 7.94. The second-order valence-electron chi connectivity index (χ2n) is 5.89. The molecule has 3 rings (SSSR count). The van der Waals surface area contributed by atoms with Gasteiger partial charge in [-0.3, -0.25) is 10.1 Å². The lowest BCUT2D eigenvalue weighted by Gasteiger charge is -2.22. The number of para-hydroxylation sites is 2. The quantitative estimate of drug-likeness (QED) is 0.908. The summed E-state index contributed by atoms with van der Waals surface area (Å²) in [5.74, 6) is 0.507. The van der Waals surface area contributed by atoms with E-state index in [4.69, 9.17) is 5.73 Å². The number of hydrogen-bond donors (Lipinski definition) is 2. The molecule has 0 aliphatic heterocycles. The lowest BCUT2D eigenvalue weighted by atomic mass is 9.98. The first kappa shape index (κ1) is 16.8. The molecule has 0 spiro atoms. The maximum atomic E-state index is 12.5. The third-order valence-electron chi connectivity index (χ3n) is 4.28. The number of hydrogen-bond acceptors (Lipinski definition) is 3. The second kappa shape index (κ2) is 6.67. The number of imidazole rings is 1. The Morgan fingerprint density at radius 1 is 1.36 bits per heavy atom. The first-order valence-corrected chi connectivity index (χ1v) is 7.70. The van der Waals surface area contributed by atoms with Crippen molar-refractivity contribution in [3.05, 3.63) is 24.3 Å². The number of aromatic nitrogens is 2. The number of aryl methyl sites for hydroxylation is 1. The molecule has 5 nitrogen and oxygen atoms in total. The van der Waals surface area contributed by atoms with Crippen LogP contribution in [0.5, 0.6) is 0 Å². The number of carbonyl (C=O) groups is 1. The summed E-state index contributed by atoms with van der Waals surface area (Å²) < 4.78 is 2.06. The molecule has 1 aromatic heterocycles. The number of carbonyl (C=O) groups excluding carboxylic acids is 1. The Morgan fingerprint density at radius 2 is 2.05 bits per heavy atom. The van der Waals surface area contributed by atoms with Crippen molar-refractivity contribution in [1.29, 1.82) is 0 Å². The van der Waals surface area contributed by atoms with Gasteiger partial charge in [-0.1, -0.05) is 31.9 Å². The fourth-order valence-corrected chi connectivity index (χ4v) is 3.08. The summed E-state index contributed by atoms with van der Waals surface area (Å²) in [7, 11) is 0. The zero-order valence-corrected chi connectivity index (χ0v) is 13.7. The van der Waals surface area contributed by atoms with Crippen molar-refractivity contribution in [3.63, 3.8) is 0 Å². The Balaban J connectivity index is 0.00000176. The van der Waals surface area contributed by atoms with E-state index in [0.29, 0.717) is 5.95 Å². The van der Waals surface area contributed by atoms with Crippen molar-refractivity contribution < 1.29 is 4.79 Å². The molecule has 120 valence electrons. The van der Waals surface area contributed by atoms with E-state index in [1.165, 1.54) is 0 Å². The molecule has 0 unspecified atom stereocenters. The smallest absolute Gasteiger partial charge is 0.246 e. The van der Waals surface area contributed by atoms with Gasteiger partial charge in [0, 0.05) is 6.54 Å². The van der Waals surface area contributed by atoms with Gasteiger partial charge in [0.05, 0.1) is 16.6 Å². The minimum absolute atomic E-state index is 0. The third kappa shape index (κ3) is 2.96. The molecular weight excluding hydrogens is 300 g/mol. The highest BCUT2D eigenvalue weighted by Gasteiger charge is 2.37. The maximum Gasteiger partial charge on any atom is 0.246 e. The number of anilines is 1. The van der Waals surface area contributed by atoms with E-state index in [0.717, 1.165) is 49.7 Å². The molecule has 1 aliphatic rings. The Bertz CT molecular complexity index is 661. The van der Waals surface area contributed by atoms with E-state index in [9.17, 15) is 4.79 Å². The Kier molecular flexibility index (Phi) is 5.08. The molecule has 1 aromatic carbocycles. The first-order chi connectivity index (χ1) is 10.1. The van der Waals surface area contributed by atoms with Crippen LogP contribution in [0.25, 0.3) is 11.0 Å². The highest BCUT2D eigenvalue weighted by Crippen LogP contribution is 2.29. The van der Waals surface area contributed by atoms with Gasteiger partial charge >= 0.3 is 0 Å². The average molecular weight is 323 g/mol. The van der Waals surface area contributed by atoms with E-state index in [2.05, 4.69) is 21.8 Å². The molecule has 6 heteroatoms. The number of nitrogens with two attached hydrogens (primary N) is 1. The topological polar surface area (TPSA) is 72.9 Å². The van der Waals surface area contributed by atoms with Crippen molar-refractivity contribution in [2.75, 3.05) is 5.32 Å². The van der Waals surface area contributed by atoms with Crippen molar-refractivity contribution in [1.82, 2.24) is 9.55 Å². The van der Waals surface area contributed by atoms with Gasteiger partial charge in [0.25, 0.3) is 0 Å². The largest absolute Gasteiger partial charge is 0.317 e. The van der Waals surface area contributed by atoms with Crippen molar-refractivity contribution >= 4 is 35.3 Å². The van der Waals surface area contributed by atoms with Crippen LogP contribution in [0, 0.1) is 0 Å².